The largest absolute Gasteiger partial charge is 0.481 e. The van der Waals surface area contributed by atoms with Crippen LogP contribution in [-0.2, 0) is 28.9 Å². The maximum Gasteiger partial charge on any atom is 0.308 e. The molecule has 4 heterocycles. The Labute approximate surface area is 261 Å². The minimum Gasteiger partial charge on any atom is -0.481 e. The number of nitrogens with zero attached hydrogens (tertiary/aromatic N) is 3. The highest BCUT2D eigenvalue weighted by molar-refractivity contribution is 8.00. The third-order valence-electron chi connectivity index (χ3n) is 10.9. The van der Waals surface area contributed by atoms with Crippen LogP contribution in [0.5, 0.6) is 0 Å². The summed E-state index contributed by atoms with van der Waals surface area (Å²) < 4.78 is 34.8. The zero-order valence-corrected chi connectivity index (χ0v) is 26.7. The predicted molar refractivity (Wildman–Crippen MR) is 163 cm³/mol. The van der Waals surface area contributed by atoms with Gasteiger partial charge in [0, 0.05) is 52.5 Å². The van der Waals surface area contributed by atoms with Gasteiger partial charge in [0.05, 0.1) is 30.9 Å². The first kappa shape index (κ1) is 31.7. The number of likely N-dealkylation sites (tertiary alicyclic amines) is 1. The number of hydrogen-bond donors (Lipinski definition) is 2. The molecule has 0 radical (unpaired) electrons. The highest BCUT2D eigenvalue weighted by atomic mass is 35.5. The minimum absolute atomic E-state index is 0.0133. The van der Waals surface area contributed by atoms with E-state index in [1.165, 1.54) is 0 Å². The molecule has 0 spiro atoms. The highest BCUT2D eigenvalue weighted by Gasteiger charge is 2.51. The normalized spacial score (nSPS) is 38.3. The Bertz CT molecular complexity index is 1240. The number of carbonyl (C=O) groups is 1. The van der Waals surface area contributed by atoms with Crippen molar-refractivity contribution in [1.29, 1.82) is 0 Å². The molecule has 12 heteroatoms. The molecule has 10 atom stereocenters. The summed E-state index contributed by atoms with van der Waals surface area (Å²) in [5.41, 5.74) is 1.55. The van der Waals surface area contributed by atoms with E-state index in [-0.39, 0.29) is 52.3 Å². The number of carboxylic acid groups (broad SMARTS) is 1. The lowest BCUT2D eigenvalue weighted by atomic mass is 9.70. The summed E-state index contributed by atoms with van der Waals surface area (Å²) in [6, 6.07) is 0.299. The molecular formula is C31H45ClF2N4O4S. The number of rotatable bonds is 8. The average molecular weight is 643 g/mol. The summed E-state index contributed by atoms with van der Waals surface area (Å²) in [6.45, 7) is 5.87. The van der Waals surface area contributed by atoms with Gasteiger partial charge in [-0.2, -0.15) is 11.8 Å². The van der Waals surface area contributed by atoms with Gasteiger partial charge in [0.15, 0.2) is 0 Å². The van der Waals surface area contributed by atoms with Gasteiger partial charge in [-0.05, 0) is 83.6 Å². The SMILES string of the molecule is Cc1nc2c(c(=O)n1CCOC1CCC(Cl)CC1C1CC(C)NC3C(C(=O)O)CSC13)C[C@@H](N1CC[C@H](C(F)F)C1)CC2. The van der Waals surface area contributed by atoms with E-state index in [0.29, 0.717) is 63.0 Å². The number of ether oxygens (including phenoxy) is 1. The van der Waals surface area contributed by atoms with Crippen LogP contribution in [0.1, 0.15) is 62.5 Å². The van der Waals surface area contributed by atoms with Gasteiger partial charge in [-0.25, -0.2) is 13.8 Å². The zero-order valence-electron chi connectivity index (χ0n) is 25.1. The van der Waals surface area contributed by atoms with Gasteiger partial charge in [0.2, 0.25) is 6.43 Å². The smallest absolute Gasteiger partial charge is 0.308 e. The molecule has 1 aromatic heterocycles. The van der Waals surface area contributed by atoms with E-state index >= 15 is 0 Å². The second kappa shape index (κ2) is 13.2. The Kier molecular flexibility index (Phi) is 9.75. The number of carboxylic acids is 1. The van der Waals surface area contributed by atoms with Crippen LogP contribution in [0.4, 0.5) is 8.78 Å². The van der Waals surface area contributed by atoms with Crippen molar-refractivity contribution in [3.8, 4) is 0 Å². The fourth-order valence-electron chi connectivity index (χ4n) is 8.65. The van der Waals surface area contributed by atoms with Crippen LogP contribution >= 0.6 is 23.4 Å². The zero-order chi connectivity index (χ0) is 30.4. The van der Waals surface area contributed by atoms with Gasteiger partial charge in [-0.3, -0.25) is 19.1 Å². The third-order valence-corrected chi connectivity index (χ3v) is 12.9. The second-order valence-corrected chi connectivity index (χ2v) is 15.4. The predicted octanol–water partition coefficient (Wildman–Crippen LogP) is 3.97. The lowest BCUT2D eigenvalue weighted by Crippen LogP contribution is -2.57. The number of piperidine rings is 1. The Morgan fingerprint density at radius 1 is 1.23 bits per heavy atom. The molecule has 3 aliphatic heterocycles. The molecule has 2 N–H and O–H groups in total. The number of hydrogen-bond acceptors (Lipinski definition) is 7. The number of halogens is 3. The van der Waals surface area contributed by atoms with Crippen LogP contribution in [0.2, 0.25) is 0 Å². The Balaban J connectivity index is 1.12. The summed E-state index contributed by atoms with van der Waals surface area (Å²) in [4.78, 5) is 32.6. The molecule has 1 saturated carbocycles. The summed E-state index contributed by atoms with van der Waals surface area (Å²) >= 11 is 8.49. The first-order chi connectivity index (χ1) is 20.6. The number of nitrogens with one attached hydrogen (secondary N) is 1. The van der Waals surface area contributed by atoms with Gasteiger partial charge in [-0.1, -0.05) is 0 Å². The molecule has 0 aromatic carbocycles. The Hall–Kier alpha value is -1.27. The molecule has 8 nitrogen and oxygen atoms in total. The van der Waals surface area contributed by atoms with Gasteiger partial charge in [-0.15, -0.1) is 11.6 Å². The lowest BCUT2D eigenvalue weighted by Gasteiger charge is -2.47. The molecule has 0 bridgehead atoms. The third kappa shape index (κ3) is 6.53. The summed E-state index contributed by atoms with van der Waals surface area (Å²) in [5, 5.41) is 13.7. The van der Waals surface area contributed by atoms with E-state index in [1.807, 2.05) is 6.92 Å². The molecule has 3 saturated heterocycles. The Morgan fingerprint density at radius 3 is 2.79 bits per heavy atom. The van der Waals surface area contributed by atoms with Gasteiger partial charge in [0.25, 0.3) is 5.56 Å². The van der Waals surface area contributed by atoms with E-state index in [2.05, 4.69) is 17.1 Å². The Morgan fingerprint density at radius 2 is 2.05 bits per heavy atom. The number of aliphatic carboxylic acids is 1. The molecule has 0 amide bonds. The summed E-state index contributed by atoms with van der Waals surface area (Å²) in [6.07, 6.45) is 3.90. The first-order valence-electron chi connectivity index (χ1n) is 16.1. The van der Waals surface area contributed by atoms with Crippen molar-refractivity contribution in [2.45, 2.75) is 113 Å². The van der Waals surface area contributed by atoms with Crippen LogP contribution < -0.4 is 10.9 Å². The van der Waals surface area contributed by atoms with E-state index in [9.17, 15) is 23.5 Å². The molecular weight excluding hydrogens is 598 g/mol. The van der Waals surface area contributed by atoms with E-state index in [0.717, 1.165) is 43.4 Å². The van der Waals surface area contributed by atoms with Gasteiger partial charge >= 0.3 is 5.97 Å². The summed E-state index contributed by atoms with van der Waals surface area (Å²) in [5.74, 6) is 0.197. The van der Waals surface area contributed by atoms with Crippen molar-refractivity contribution >= 4 is 29.3 Å². The molecule has 43 heavy (non-hydrogen) atoms. The first-order valence-corrected chi connectivity index (χ1v) is 17.6. The minimum atomic E-state index is -2.29. The maximum absolute atomic E-state index is 13.7. The van der Waals surface area contributed by atoms with Crippen LogP contribution in [0.3, 0.4) is 0 Å². The van der Waals surface area contributed by atoms with E-state index in [4.69, 9.17) is 21.3 Å². The molecule has 6 rings (SSSR count). The molecule has 1 aromatic rings. The molecule has 5 aliphatic rings. The van der Waals surface area contributed by atoms with Crippen molar-refractivity contribution < 1.29 is 23.4 Å². The second-order valence-electron chi connectivity index (χ2n) is 13.5. The fraction of sp³-hybridized carbons (Fsp3) is 0.839. The maximum atomic E-state index is 13.7. The topological polar surface area (TPSA) is 96.7 Å². The van der Waals surface area contributed by atoms with E-state index in [1.54, 1.807) is 16.3 Å². The van der Waals surface area contributed by atoms with Crippen LogP contribution in [0, 0.1) is 30.6 Å². The van der Waals surface area contributed by atoms with E-state index < -0.39 is 18.3 Å². The quantitative estimate of drug-likeness (QED) is 0.412. The molecule has 2 aliphatic carbocycles. The number of thioether (sulfide) groups is 1. The monoisotopic (exact) mass is 642 g/mol. The van der Waals surface area contributed by atoms with Crippen LogP contribution in [0.15, 0.2) is 4.79 Å². The van der Waals surface area contributed by atoms with Crippen molar-refractivity contribution in [2.24, 2.45) is 23.7 Å². The van der Waals surface area contributed by atoms with Crippen molar-refractivity contribution in [3.63, 3.8) is 0 Å². The number of aromatic nitrogens is 2. The van der Waals surface area contributed by atoms with Crippen LogP contribution in [0.25, 0.3) is 0 Å². The van der Waals surface area contributed by atoms with Gasteiger partial charge < -0.3 is 15.2 Å². The van der Waals surface area contributed by atoms with Gasteiger partial charge in [0.1, 0.15) is 5.82 Å². The highest BCUT2D eigenvalue weighted by Crippen LogP contribution is 2.48. The van der Waals surface area contributed by atoms with Crippen LogP contribution in [-0.4, -0.2) is 92.3 Å². The number of aryl methyl sites for hydroxylation is 2. The molecule has 240 valence electrons. The lowest BCUT2D eigenvalue weighted by molar-refractivity contribution is -0.142. The van der Waals surface area contributed by atoms with Crippen molar-refractivity contribution in [3.05, 3.63) is 27.4 Å². The molecule has 8 unspecified atom stereocenters. The number of fused-ring (bicyclic) bond motifs is 2. The number of alkyl halides is 3. The summed E-state index contributed by atoms with van der Waals surface area (Å²) in [7, 11) is 0. The van der Waals surface area contributed by atoms with Crippen molar-refractivity contribution in [1.82, 2.24) is 19.8 Å². The average Bonchev–Trinajstić information content (AvgIpc) is 3.63. The fourth-order valence-corrected chi connectivity index (χ4v) is 10.8. The standard InChI is InChI=1S/C31H45ClF2N4O4S/c1-16-11-22(28-27(35-16)24(15-43-28)31(40)41)21-12-19(32)3-6-26(21)42-10-9-38-17(2)36-25-5-4-20(13-23(25)30(38)39)37-8-7-18(14-37)29(33)34/h16,18-22,24,26-29,35H,3-15H2,1-2H3,(H,40,41)/t16?,18-,19?,20-,21?,22?,24?,26?,27?,28?/m0/s1. The molecule has 4 fully saturated rings. The van der Waals surface area contributed by atoms with Crippen molar-refractivity contribution in [2.75, 3.05) is 25.4 Å².